The molecular formula is C27H54N2O6. The summed E-state index contributed by atoms with van der Waals surface area (Å²) in [5.74, 6) is -2.62. The molecule has 0 spiro atoms. The Kier molecular flexibility index (Phi) is 14.0. The Balaban J connectivity index is 0.000000526. The highest BCUT2D eigenvalue weighted by Crippen LogP contribution is 2.39. The SMILES string of the molecule is CCCON1C(C)(C)CCCC1(C)C.CCCON1C(C)(C)CCCC1(C)C.O=C(O)CC(=O)O. The van der Waals surface area contributed by atoms with Crippen LogP contribution in [0.1, 0.15) is 127 Å². The number of carbonyl (C=O) groups is 2. The van der Waals surface area contributed by atoms with Gasteiger partial charge in [-0.05, 0) is 107 Å². The summed E-state index contributed by atoms with van der Waals surface area (Å²) in [6, 6.07) is 0. The quantitative estimate of drug-likeness (QED) is 0.374. The second kappa shape index (κ2) is 14.5. The first-order chi connectivity index (χ1) is 15.9. The van der Waals surface area contributed by atoms with Gasteiger partial charge in [0.1, 0.15) is 6.42 Å². The van der Waals surface area contributed by atoms with Crippen molar-refractivity contribution in [2.75, 3.05) is 13.2 Å². The second-order valence-electron chi connectivity index (χ2n) is 12.2. The van der Waals surface area contributed by atoms with Crippen molar-refractivity contribution in [1.29, 1.82) is 0 Å². The van der Waals surface area contributed by atoms with Crippen LogP contribution in [0.5, 0.6) is 0 Å². The smallest absolute Gasteiger partial charge is 0.314 e. The average molecular weight is 503 g/mol. The molecule has 0 unspecified atom stereocenters. The van der Waals surface area contributed by atoms with Gasteiger partial charge in [-0.3, -0.25) is 19.3 Å². The highest BCUT2D eigenvalue weighted by Gasteiger charge is 2.43. The van der Waals surface area contributed by atoms with Crippen LogP contribution in [-0.4, -0.2) is 67.6 Å². The van der Waals surface area contributed by atoms with Crippen molar-refractivity contribution in [3.05, 3.63) is 0 Å². The number of hydroxylamine groups is 4. The van der Waals surface area contributed by atoms with E-state index in [9.17, 15) is 9.59 Å². The summed E-state index contributed by atoms with van der Waals surface area (Å²) in [5.41, 5.74) is 0.766. The summed E-state index contributed by atoms with van der Waals surface area (Å²) in [7, 11) is 0. The Morgan fingerprint density at radius 3 is 1.06 bits per heavy atom. The van der Waals surface area contributed by atoms with Gasteiger partial charge in [-0.2, -0.15) is 10.1 Å². The fourth-order valence-electron chi connectivity index (χ4n) is 5.15. The molecular weight excluding hydrogens is 448 g/mol. The standard InChI is InChI=1S/2C12H25NO.C3H4O4/c2*1-6-10-14-13-11(2,3)8-7-9-12(13,4)5;4-2(5)1-3(6)7/h2*6-10H2,1-5H3;1H2,(H,4,5)(H,6,7). The largest absolute Gasteiger partial charge is 0.481 e. The van der Waals surface area contributed by atoms with Gasteiger partial charge in [-0.15, -0.1) is 0 Å². The molecule has 0 aromatic rings. The van der Waals surface area contributed by atoms with E-state index < -0.39 is 18.4 Å². The fraction of sp³-hybridized carbons (Fsp3) is 0.926. The van der Waals surface area contributed by atoms with E-state index in [1.165, 1.54) is 38.5 Å². The average Bonchev–Trinajstić information content (AvgIpc) is 2.65. The lowest BCUT2D eigenvalue weighted by Gasteiger charge is -2.51. The topological polar surface area (TPSA) is 99.5 Å². The molecule has 2 aliphatic heterocycles. The van der Waals surface area contributed by atoms with Crippen LogP contribution in [0, 0.1) is 0 Å². The van der Waals surface area contributed by atoms with Crippen LogP contribution in [0.4, 0.5) is 0 Å². The Bertz CT molecular complexity index is 560. The molecule has 2 fully saturated rings. The zero-order valence-corrected chi connectivity index (χ0v) is 24.2. The first-order valence-corrected chi connectivity index (χ1v) is 13.2. The van der Waals surface area contributed by atoms with Crippen molar-refractivity contribution in [3.63, 3.8) is 0 Å². The summed E-state index contributed by atoms with van der Waals surface area (Å²) in [6.45, 7) is 24.2. The molecule has 208 valence electrons. The Morgan fingerprint density at radius 1 is 0.629 bits per heavy atom. The zero-order valence-electron chi connectivity index (χ0n) is 24.2. The molecule has 2 N–H and O–H groups in total. The summed E-state index contributed by atoms with van der Waals surface area (Å²) >= 11 is 0. The number of rotatable bonds is 8. The van der Waals surface area contributed by atoms with Gasteiger partial charge < -0.3 is 10.2 Å². The molecule has 2 saturated heterocycles. The van der Waals surface area contributed by atoms with E-state index in [-0.39, 0.29) is 22.2 Å². The number of hydrogen-bond donors (Lipinski definition) is 2. The Hall–Kier alpha value is -1.22. The maximum Gasteiger partial charge on any atom is 0.314 e. The van der Waals surface area contributed by atoms with Crippen molar-refractivity contribution in [3.8, 4) is 0 Å². The molecule has 0 saturated carbocycles. The number of piperidine rings is 2. The van der Waals surface area contributed by atoms with Crippen molar-refractivity contribution in [1.82, 2.24) is 10.1 Å². The van der Waals surface area contributed by atoms with Gasteiger partial charge >= 0.3 is 11.9 Å². The molecule has 0 aliphatic carbocycles. The third kappa shape index (κ3) is 12.0. The zero-order chi connectivity index (χ0) is 27.5. The molecule has 2 rings (SSSR count). The monoisotopic (exact) mass is 502 g/mol. The minimum atomic E-state index is -1.31. The molecule has 8 heteroatoms. The summed E-state index contributed by atoms with van der Waals surface area (Å²) in [4.78, 5) is 30.6. The maximum atomic E-state index is 9.43. The molecule has 0 aromatic heterocycles. The van der Waals surface area contributed by atoms with Crippen LogP contribution >= 0.6 is 0 Å². The van der Waals surface area contributed by atoms with Crippen LogP contribution in [0.15, 0.2) is 0 Å². The van der Waals surface area contributed by atoms with Crippen LogP contribution in [0.25, 0.3) is 0 Å². The lowest BCUT2D eigenvalue weighted by Crippen LogP contribution is -2.58. The molecule has 35 heavy (non-hydrogen) atoms. The van der Waals surface area contributed by atoms with Crippen LogP contribution in [-0.2, 0) is 19.3 Å². The second-order valence-corrected chi connectivity index (χ2v) is 12.2. The van der Waals surface area contributed by atoms with Crippen molar-refractivity contribution in [2.24, 2.45) is 0 Å². The van der Waals surface area contributed by atoms with Crippen molar-refractivity contribution in [2.45, 2.75) is 149 Å². The van der Waals surface area contributed by atoms with Gasteiger partial charge in [0.25, 0.3) is 0 Å². The van der Waals surface area contributed by atoms with Gasteiger partial charge in [0.15, 0.2) is 0 Å². The number of carboxylic acid groups (broad SMARTS) is 2. The van der Waals surface area contributed by atoms with Gasteiger partial charge in [0, 0.05) is 22.2 Å². The van der Waals surface area contributed by atoms with E-state index in [1.807, 2.05) is 0 Å². The van der Waals surface area contributed by atoms with Gasteiger partial charge in [0.2, 0.25) is 0 Å². The molecule has 2 aliphatic rings. The predicted molar refractivity (Wildman–Crippen MR) is 140 cm³/mol. The number of hydrogen-bond acceptors (Lipinski definition) is 6. The number of aliphatic carboxylic acids is 2. The maximum absolute atomic E-state index is 9.43. The van der Waals surface area contributed by atoms with Gasteiger partial charge in [0.05, 0.1) is 13.2 Å². The number of carboxylic acids is 2. The van der Waals surface area contributed by atoms with E-state index in [1.54, 1.807) is 0 Å². The molecule has 0 aromatic carbocycles. The van der Waals surface area contributed by atoms with Crippen molar-refractivity contribution < 1.29 is 29.5 Å². The third-order valence-corrected chi connectivity index (χ3v) is 6.50. The Labute approximate surface area is 214 Å². The van der Waals surface area contributed by atoms with Crippen LogP contribution < -0.4 is 0 Å². The minimum Gasteiger partial charge on any atom is -0.481 e. The Morgan fingerprint density at radius 2 is 0.886 bits per heavy atom. The molecule has 0 amide bonds. The van der Waals surface area contributed by atoms with Crippen LogP contribution in [0.2, 0.25) is 0 Å². The highest BCUT2D eigenvalue weighted by molar-refractivity contribution is 5.88. The number of nitrogens with zero attached hydrogens (tertiary/aromatic N) is 2. The first kappa shape index (κ1) is 33.8. The molecule has 2 heterocycles. The van der Waals surface area contributed by atoms with Gasteiger partial charge in [-0.1, -0.05) is 13.8 Å². The van der Waals surface area contributed by atoms with E-state index in [2.05, 4.69) is 79.4 Å². The molecule has 0 bridgehead atoms. The summed E-state index contributed by atoms with van der Waals surface area (Å²) < 4.78 is 0. The van der Waals surface area contributed by atoms with Crippen LogP contribution in [0.3, 0.4) is 0 Å². The lowest BCUT2D eigenvalue weighted by atomic mass is 9.82. The highest BCUT2D eigenvalue weighted by atomic mass is 16.7. The van der Waals surface area contributed by atoms with E-state index in [0.29, 0.717) is 0 Å². The molecule has 0 atom stereocenters. The van der Waals surface area contributed by atoms with E-state index in [0.717, 1.165) is 26.1 Å². The lowest BCUT2D eigenvalue weighted by molar-refractivity contribution is -0.280. The molecule has 0 radical (unpaired) electrons. The molecule has 8 nitrogen and oxygen atoms in total. The first-order valence-electron chi connectivity index (χ1n) is 13.2. The van der Waals surface area contributed by atoms with Gasteiger partial charge in [-0.25, -0.2) is 0 Å². The summed E-state index contributed by atoms with van der Waals surface area (Å²) in [6.07, 6.45) is 8.93. The normalized spacial score (nSPS) is 22.7. The van der Waals surface area contributed by atoms with Crippen molar-refractivity contribution >= 4 is 11.9 Å². The van der Waals surface area contributed by atoms with E-state index in [4.69, 9.17) is 19.9 Å². The summed E-state index contributed by atoms with van der Waals surface area (Å²) in [5, 5.41) is 19.9. The fourth-order valence-corrected chi connectivity index (χ4v) is 5.15. The van der Waals surface area contributed by atoms with E-state index >= 15 is 0 Å². The third-order valence-electron chi connectivity index (χ3n) is 6.50. The predicted octanol–water partition coefficient (Wildman–Crippen LogP) is 6.29. The minimum absolute atomic E-state index is 0.191.